The van der Waals surface area contributed by atoms with Crippen LogP contribution < -0.4 is 0 Å². The minimum Gasteiger partial charge on any atom is -0.389 e. The van der Waals surface area contributed by atoms with Crippen LogP contribution in [-0.4, -0.2) is 57.4 Å². The van der Waals surface area contributed by atoms with E-state index in [-0.39, 0.29) is 12.8 Å². The number of aliphatic hydroxyl groups excluding tert-OH is 2. The molecule has 6 nitrogen and oxygen atoms in total. The second kappa shape index (κ2) is 7.43. The van der Waals surface area contributed by atoms with Crippen LogP contribution in [0.5, 0.6) is 0 Å². The molecule has 0 bridgehead atoms. The van der Waals surface area contributed by atoms with E-state index in [0.29, 0.717) is 6.42 Å². The van der Waals surface area contributed by atoms with Crippen molar-refractivity contribution in [3.63, 3.8) is 0 Å². The highest BCUT2D eigenvalue weighted by atomic mass is 79.9. The van der Waals surface area contributed by atoms with E-state index in [0.717, 1.165) is 0 Å². The molecule has 0 aromatic rings. The van der Waals surface area contributed by atoms with E-state index in [9.17, 15) is 19.7 Å². The Balaban J connectivity index is 2.79. The highest BCUT2D eigenvalue weighted by Gasteiger charge is 2.45. The van der Waals surface area contributed by atoms with Gasteiger partial charge in [-0.05, 0) is 19.8 Å². The van der Waals surface area contributed by atoms with Crippen LogP contribution in [0.25, 0.3) is 0 Å². The van der Waals surface area contributed by atoms with Gasteiger partial charge < -0.3 is 24.4 Å². The third-order valence-electron chi connectivity index (χ3n) is 3.83. The van der Waals surface area contributed by atoms with E-state index in [2.05, 4.69) is 15.9 Å². The maximum absolute atomic E-state index is 12.0. The van der Waals surface area contributed by atoms with Gasteiger partial charge in [-0.1, -0.05) is 29.8 Å². The van der Waals surface area contributed by atoms with Crippen molar-refractivity contribution >= 4 is 31.4 Å². The zero-order valence-electron chi connectivity index (χ0n) is 12.5. The quantitative estimate of drug-likeness (QED) is 0.349. The second-order valence-electron chi connectivity index (χ2n) is 5.63. The van der Waals surface area contributed by atoms with Gasteiger partial charge in [0.2, 0.25) is 0 Å². The van der Waals surface area contributed by atoms with Gasteiger partial charge >= 0.3 is 7.60 Å². The monoisotopic (exact) mass is 384 g/mol. The van der Waals surface area contributed by atoms with Crippen molar-refractivity contribution in [1.82, 2.24) is 0 Å². The van der Waals surface area contributed by atoms with Gasteiger partial charge in [0.25, 0.3) is 0 Å². The molecule has 2 radical (unpaired) electrons. The summed E-state index contributed by atoms with van der Waals surface area (Å²) < 4.78 is 22.8. The molecule has 122 valence electrons. The number of rotatable bonds is 7. The lowest BCUT2D eigenvalue weighted by atomic mass is 9.91. The molecule has 0 amide bonds. The van der Waals surface area contributed by atoms with Crippen LogP contribution in [0.15, 0.2) is 0 Å². The van der Waals surface area contributed by atoms with E-state index in [1.165, 1.54) is 0 Å². The van der Waals surface area contributed by atoms with E-state index >= 15 is 0 Å². The Morgan fingerprint density at radius 3 is 2.48 bits per heavy atom. The van der Waals surface area contributed by atoms with Gasteiger partial charge in [0.15, 0.2) is 5.85 Å². The van der Waals surface area contributed by atoms with Crippen LogP contribution in [0.4, 0.5) is 0 Å². The molecule has 1 aliphatic rings. The summed E-state index contributed by atoms with van der Waals surface area (Å²) in [6.45, 7) is 5.05. The Labute approximate surface area is 135 Å². The molecule has 0 saturated carbocycles. The molecular formula is C12H23BBrO6P. The lowest BCUT2D eigenvalue weighted by Gasteiger charge is -2.34. The third kappa shape index (κ3) is 4.77. The van der Waals surface area contributed by atoms with Gasteiger partial charge in [-0.25, -0.2) is 0 Å². The zero-order valence-corrected chi connectivity index (χ0v) is 15.0. The molecule has 1 rings (SSSR count). The SMILES string of the molecule is [B][C@@H]1O[C@H](CC(C)(CC)OP(=O)(O)C(O)CC)[C@@H](O)[C@H]1Br. The average Bonchev–Trinajstić information content (AvgIpc) is 2.64. The van der Waals surface area contributed by atoms with Crippen molar-refractivity contribution in [2.45, 2.75) is 74.5 Å². The van der Waals surface area contributed by atoms with E-state index in [1.807, 2.05) is 0 Å². The highest BCUT2D eigenvalue weighted by molar-refractivity contribution is 9.09. The van der Waals surface area contributed by atoms with Crippen molar-refractivity contribution in [1.29, 1.82) is 0 Å². The minimum absolute atomic E-state index is 0.116. The highest BCUT2D eigenvalue weighted by Crippen LogP contribution is 2.53. The van der Waals surface area contributed by atoms with Crippen LogP contribution in [-0.2, 0) is 13.8 Å². The van der Waals surface area contributed by atoms with Gasteiger partial charge in [0.05, 0.1) is 22.6 Å². The first-order valence-electron chi connectivity index (χ1n) is 7.00. The summed E-state index contributed by atoms with van der Waals surface area (Å²) in [5.74, 6) is -1.43. The van der Waals surface area contributed by atoms with Gasteiger partial charge in [0.1, 0.15) is 7.85 Å². The van der Waals surface area contributed by atoms with Crippen molar-refractivity contribution < 1.29 is 28.9 Å². The summed E-state index contributed by atoms with van der Waals surface area (Å²) in [6.07, 6.45) is -0.703. The Morgan fingerprint density at radius 1 is 1.52 bits per heavy atom. The Morgan fingerprint density at radius 2 is 2.10 bits per heavy atom. The fourth-order valence-corrected chi connectivity index (χ4v) is 4.09. The number of halogens is 1. The summed E-state index contributed by atoms with van der Waals surface area (Å²) in [5, 5.41) is 19.6. The maximum atomic E-state index is 12.0. The largest absolute Gasteiger partial charge is 0.389 e. The van der Waals surface area contributed by atoms with Crippen molar-refractivity contribution in [3.8, 4) is 0 Å². The topological polar surface area (TPSA) is 96.2 Å². The van der Waals surface area contributed by atoms with Gasteiger partial charge in [-0.15, -0.1) is 0 Å². The zero-order chi connectivity index (χ0) is 16.4. The number of aliphatic hydroxyl groups is 2. The van der Waals surface area contributed by atoms with Gasteiger partial charge in [-0.2, -0.15) is 0 Å². The molecule has 3 N–H and O–H groups in total. The number of ether oxygens (including phenoxy) is 1. The molecule has 1 heterocycles. The molecule has 0 aromatic carbocycles. The number of hydrogen-bond acceptors (Lipinski definition) is 5. The van der Waals surface area contributed by atoms with Gasteiger partial charge in [-0.3, -0.25) is 4.57 Å². The normalized spacial score (nSPS) is 36.9. The predicted molar refractivity (Wildman–Crippen MR) is 83.7 cm³/mol. The third-order valence-corrected chi connectivity index (χ3v) is 6.71. The van der Waals surface area contributed by atoms with Crippen LogP contribution >= 0.6 is 23.5 Å². The van der Waals surface area contributed by atoms with E-state index < -0.39 is 42.1 Å². The van der Waals surface area contributed by atoms with Gasteiger partial charge in [0, 0.05) is 12.4 Å². The molecule has 3 unspecified atom stereocenters. The molecule has 7 atom stereocenters. The molecule has 0 aromatic heterocycles. The lowest BCUT2D eigenvalue weighted by Crippen LogP contribution is -2.38. The lowest BCUT2D eigenvalue weighted by molar-refractivity contribution is -0.0377. The summed E-state index contributed by atoms with van der Waals surface area (Å²) in [4.78, 5) is 9.44. The molecule has 0 aliphatic carbocycles. The standard InChI is InChI=1S/C12H23BBrO6P/c1-4-8(15)21(17,18)20-12(3,5-2)6-7-10(16)9(14)11(13)19-7/h7-11,15-16H,4-6H2,1-3H3,(H,17,18)/t7-,8?,9-,10-,11-,12?/m1/s1. The average molecular weight is 385 g/mol. The molecule has 1 saturated heterocycles. The molecule has 9 heteroatoms. The summed E-state index contributed by atoms with van der Waals surface area (Å²) in [7, 11) is 1.55. The minimum atomic E-state index is -4.15. The molecule has 1 aliphatic heterocycles. The van der Waals surface area contributed by atoms with Crippen molar-refractivity contribution in [3.05, 3.63) is 0 Å². The predicted octanol–water partition coefficient (Wildman–Crippen LogP) is 1.49. The summed E-state index contributed by atoms with van der Waals surface area (Å²) in [5.41, 5.74) is -1.01. The number of hydrogen-bond donors (Lipinski definition) is 3. The fraction of sp³-hybridized carbons (Fsp3) is 1.00. The summed E-state index contributed by atoms with van der Waals surface area (Å²) >= 11 is 3.25. The molecule has 1 fully saturated rings. The molecule has 0 spiro atoms. The maximum Gasteiger partial charge on any atom is 0.356 e. The van der Waals surface area contributed by atoms with Crippen LogP contribution in [0.3, 0.4) is 0 Å². The van der Waals surface area contributed by atoms with E-state index in [1.54, 1.807) is 20.8 Å². The summed E-state index contributed by atoms with van der Waals surface area (Å²) in [6, 6.07) is -0.645. The van der Waals surface area contributed by atoms with Crippen LogP contribution in [0.1, 0.15) is 40.0 Å². The van der Waals surface area contributed by atoms with E-state index in [4.69, 9.17) is 17.1 Å². The van der Waals surface area contributed by atoms with Crippen molar-refractivity contribution in [2.75, 3.05) is 0 Å². The number of alkyl halides is 1. The first-order chi connectivity index (χ1) is 9.56. The first-order valence-corrected chi connectivity index (χ1v) is 9.57. The van der Waals surface area contributed by atoms with Crippen LogP contribution in [0, 0.1) is 0 Å². The fourth-order valence-electron chi connectivity index (χ4n) is 2.20. The van der Waals surface area contributed by atoms with Crippen molar-refractivity contribution in [2.24, 2.45) is 0 Å². The first kappa shape index (κ1) is 19.6. The second-order valence-corrected chi connectivity index (χ2v) is 8.59. The Hall–Kier alpha value is 0.575. The van der Waals surface area contributed by atoms with Crippen LogP contribution in [0.2, 0.25) is 0 Å². The Bertz CT molecular complexity index is 400. The smallest absolute Gasteiger partial charge is 0.356 e. The molecule has 21 heavy (non-hydrogen) atoms. The Kier molecular flexibility index (Phi) is 6.94. The molecular weight excluding hydrogens is 362 g/mol.